The molecule has 2 amide bonds. The van der Waals surface area contributed by atoms with Crippen LogP contribution in [0.15, 0.2) is 64.7 Å². The molecule has 11 heteroatoms. The van der Waals surface area contributed by atoms with Crippen LogP contribution in [0.1, 0.15) is 21.7 Å². The number of halogens is 2. The van der Waals surface area contributed by atoms with Gasteiger partial charge in [-0.05, 0) is 42.0 Å². The Hall–Kier alpha value is -3.66. The number of thiocarbonyl (C=S) groups is 1. The van der Waals surface area contributed by atoms with Gasteiger partial charge in [-0.25, -0.2) is 4.79 Å². The Labute approximate surface area is 221 Å². The monoisotopic (exact) mass is 543 g/mol. The molecular formula is C25H19Cl2N3O5S. The second-order valence-corrected chi connectivity index (χ2v) is 8.94. The van der Waals surface area contributed by atoms with E-state index in [0.29, 0.717) is 5.56 Å². The van der Waals surface area contributed by atoms with Crippen molar-refractivity contribution in [1.29, 1.82) is 0 Å². The molecule has 3 aromatic rings. The SMILES string of the molecule is CNC(=O)c1ccc(Cl)c(-c2ccc(/C=C3/NC(=S)N(C(Cc4ccccc4)C(=O)O)C3=O)o2)c1Cl. The number of carbonyl (C=O) groups is 3. The van der Waals surface area contributed by atoms with E-state index in [9.17, 15) is 19.5 Å². The Morgan fingerprint density at radius 1 is 1.17 bits per heavy atom. The number of benzene rings is 2. The molecule has 1 aliphatic rings. The second kappa shape index (κ2) is 10.5. The van der Waals surface area contributed by atoms with Gasteiger partial charge in [0.25, 0.3) is 11.8 Å². The first-order valence-corrected chi connectivity index (χ1v) is 11.8. The lowest BCUT2D eigenvalue weighted by Crippen LogP contribution is -2.46. The van der Waals surface area contributed by atoms with E-state index < -0.39 is 17.9 Å². The van der Waals surface area contributed by atoms with Crippen molar-refractivity contribution >= 4 is 64.4 Å². The van der Waals surface area contributed by atoms with Crippen LogP contribution in [-0.2, 0) is 16.0 Å². The quantitative estimate of drug-likeness (QED) is 0.299. The number of nitrogens with zero attached hydrogens (tertiary/aromatic N) is 1. The summed E-state index contributed by atoms with van der Waals surface area (Å²) in [5.41, 5.74) is 1.35. The Bertz CT molecular complexity index is 1400. The fourth-order valence-corrected chi connectivity index (χ4v) is 4.72. The van der Waals surface area contributed by atoms with Crippen LogP contribution in [-0.4, -0.2) is 46.0 Å². The summed E-state index contributed by atoms with van der Waals surface area (Å²) in [7, 11) is 1.48. The van der Waals surface area contributed by atoms with Crippen LogP contribution >= 0.6 is 35.4 Å². The van der Waals surface area contributed by atoms with E-state index in [-0.39, 0.29) is 50.3 Å². The van der Waals surface area contributed by atoms with Gasteiger partial charge < -0.3 is 20.2 Å². The largest absolute Gasteiger partial charge is 0.480 e. The molecule has 2 aromatic carbocycles. The molecule has 1 unspecified atom stereocenters. The molecule has 0 bridgehead atoms. The number of hydrogen-bond donors (Lipinski definition) is 3. The highest BCUT2D eigenvalue weighted by Crippen LogP contribution is 2.38. The number of hydrogen-bond acceptors (Lipinski definition) is 5. The minimum Gasteiger partial charge on any atom is -0.480 e. The second-order valence-electron chi connectivity index (χ2n) is 7.77. The molecule has 2 heterocycles. The molecule has 4 rings (SSSR count). The first kappa shape index (κ1) is 25.4. The molecule has 1 aromatic heterocycles. The molecule has 0 radical (unpaired) electrons. The number of rotatable bonds is 7. The van der Waals surface area contributed by atoms with Crippen LogP contribution in [0.3, 0.4) is 0 Å². The van der Waals surface area contributed by atoms with E-state index in [1.165, 1.54) is 25.3 Å². The summed E-state index contributed by atoms with van der Waals surface area (Å²) < 4.78 is 5.84. The normalized spacial score (nSPS) is 15.2. The van der Waals surface area contributed by atoms with Gasteiger partial charge in [0.1, 0.15) is 23.3 Å². The number of carboxylic acids is 1. The van der Waals surface area contributed by atoms with Crippen LogP contribution in [0.2, 0.25) is 10.0 Å². The number of furan rings is 1. The molecule has 8 nitrogen and oxygen atoms in total. The molecule has 1 saturated heterocycles. The smallest absolute Gasteiger partial charge is 0.327 e. The van der Waals surface area contributed by atoms with Crippen molar-refractivity contribution in [2.45, 2.75) is 12.5 Å². The Kier molecular flexibility index (Phi) is 7.44. The molecule has 36 heavy (non-hydrogen) atoms. The van der Waals surface area contributed by atoms with Gasteiger partial charge in [0.2, 0.25) is 0 Å². The highest BCUT2D eigenvalue weighted by molar-refractivity contribution is 7.80. The molecule has 0 spiro atoms. The topological polar surface area (TPSA) is 112 Å². The van der Waals surface area contributed by atoms with Gasteiger partial charge in [-0.15, -0.1) is 0 Å². The van der Waals surface area contributed by atoms with E-state index in [0.717, 1.165) is 10.5 Å². The van der Waals surface area contributed by atoms with Crippen LogP contribution in [0, 0.1) is 0 Å². The van der Waals surface area contributed by atoms with Gasteiger partial charge in [0.05, 0.1) is 21.2 Å². The fourth-order valence-electron chi connectivity index (χ4n) is 3.75. The van der Waals surface area contributed by atoms with Gasteiger partial charge in [-0.2, -0.15) is 0 Å². The Morgan fingerprint density at radius 2 is 1.89 bits per heavy atom. The third-order valence-electron chi connectivity index (χ3n) is 5.50. The molecule has 184 valence electrons. The average molecular weight is 544 g/mol. The lowest BCUT2D eigenvalue weighted by Gasteiger charge is -2.22. The first-order chi connectivity index (χ1) is 17.2. The van der Waals surface area contributed by atoms with E-state index in [1.54, 1.807) is 36.4 Å². The van der Waals surface area contributed by atoms with E-state index in [4.69, 9.17) is 39.8 Å². The summed E-state index contributed by atoms with van der Waals surface area (Å²) >= 11 is 18.0. The van der Waals surface area contributed by atoms with Crippen molar-refractivity contribution in [1.82, 2.24) is 15.5 Å². The van der Waals surface area contributed by atoms with Crippen molar-refractivity contribution in [2.75, 3.05) is 7.05 Å². The van der Waals surface area contributed by atoms with Gasteiger partial charge >= 0.3 is 5.97 Å². The maximum atomic E-state index is 13.1. The molecule has 3 N–H and O–H groups in total. The molecular weight excluding hydrogens is 525 g/mol. The van der Waals surface area contributed by atoms with E-state index in [1.807, 2.05) is 6.07 Å². The molecule has 0 aliphatic carbocycles. The van der Waals surface area contributed by atoms with Crippen molar-refractivity contribution in [3.8, 4) is 11.3 Å². The Balaban J connectivity index is 1.62. The van der Waals surface area contributed by atoms with Gasteiger partial charge in [0.15, 0.2) is 5.11 Å². The fraction of sp³-hybridized carbons (Fsp3) is 0.120. The van der Waals surface area contributed by atoms with Crippen molar-refractivity contribution in [3.05, 3.63) is 87.2 Å². The summed E-state index contributed by atoms with van der Waals surface area (Å²) in [5.74, 6) is -1.63. The highest BCUT2D eigenvalue weighted by atomic mass is 35.5. The van der Waals surface area contributed by atoms with Crippen LogP contribution in [0.4, 0.5) is 0 Å². The Morgan fingerprint density at radius 3 is 2.56 bits per heavy atom. The van der Waals surface area contributed by atoms with Crippen molar-refractivity contribution in [3.63, 3.8) is 0 Å². The number of carboxylic acid groups (broad SMARTS) is 1. The summed E-state index contributed by atoms with van der Waals surface area (Å²) in [6.07, 6.45) is 1.49. The minimum absolute atomic E-state index is 0.0225. The van der Waals surface area contributed by atoms with Gasteiger partial charge in [0, 0.05) is 19.5 Å². The van der Waals surface area contributed by atoms with Crippen LogP contribution in [0.25, 0.3) is 17.4 Å². The maximum absolute atomic E-state index is 13.1. The summed E-state index contributed by atoms with van der Waals surface area (Å²) in [6, 6.07) is 14.0. The van der Waals surface area contributed by atoms with E-state index >= 15 is 0 Å². The van der Waals surface area contributed by atoms with Crippen LogP contribution < -0.4 is 10.6 Å². The highest BCUT2D eigenvalue weighted by Gasteiger charge is 2.40. The molecule has 1 atom stereocenters. The third-order valence-corrected chi connectivity index (χ3v) is 6.51. The zero-order valence-corrected chi connectivity index (χ0v) is 21.1. The van der Waals surface area contributed by atoms with Crippen molar-refractivity contribution in [2.24, 2.45) is 0 Å². The third kappa shape index (κ3) is 4.99. The number of carbonyl (C=O) groups excluding carboxylic acids is 2. The summed E-state index contributed by atoms with van der Waals surface area (Å²) in [4.78, 5) is 38.2. The molecule has 0 saturated carbocycles. The summed E-state index contributed by atoms with van der Waals surface area (Å²) in [5, 5.41) is 15.4. The maximum Gasteiger partial charge on any atom is 0.327 e. The zero-order valence-electron chi connectivity index (χ0n) is 18.7. The molecule has 1 fully saturated rings. The standard InChI is InChI=1S/C25H19Cl2N3O5S/c1-28-22(31)15-8-9-16(26)20(21(15)27)19-10-7-14(35-19)12-17-23(32)30(25(36)29-17)18(24(33)34)11-13-5-3-2-4-6-13/h2-10,12,18H,11H2,1H3,(H,28,31)(H,29,36)(H,33,34)/b17-12+. The lowest BCUT2D eigenvalue weighted by atomic mass is 10.0. The van der Waals surface area contributed by atoms with Crippen LogP contribution in [0.5, 0.6) is 0 Å². The predicted octanol–water partition coefficient (Wildman–Crippen LogP) is 4.37. The average Bonchev–Trinajstić information content (AvgIpc) is 3.41. The number of amides is 2. The number of nitrogens with one attached hydrogen (secondary N) is 2. The predicted molar refractivity (Wildman–Crippen MR) is 140 cm³/mol. The zero-order chi connectivity index (χ0) is 26.0. The van der Waals surface area contributed by atoms with E-state index in [2.05, 4.69) is 10.6 Å². The lowest BCUT2D eigenvalue weighted by molar-refractivity contribution is -0.145. The van der Waals surface area contributed by atoms with Gasteiger partial charge in [-0.3, -0.25) is 14.5 Å². The number of aliphatic carboxylic acids is 1. The summed E-state index contributed by atoms with van der Waals surface area (Å²) in [6.45, 7) is 0. The molecule has 1 aliphatic heterocycles. The van der Waals surface area contributed by atoms with Crippen molar-refractivity contribution < 1.29 is 23.9 Å². The van der Waals surface area contributed by atoms with Gasteiger partial charge in [-0.1, -0.05) is 53.5 Å². The minimum atomic E-state index is -1.19. The first-order valence-electron chi connectivity index (χ1n) is 10.6.